The molecule has 1 heterocycles. The lowest BCUT2D eigenvalue weighted by Gasteiger charge is -2.18. The van der Waals surface area contributed by atoms with Gasteiger partial charge < -0.3 is 0 Å². The van der Waals surface area contributed by atoms with Crippen LogP contribution < -0.4 is 0 Å². The maximum Gasteiger partial charge on any atom is 0.301 e. The topological polar surface area (TPSA) is 158 Å². The van der Waals surface area contributed by atoms with E-state index >= 15 is 0 Å². The van der Waals surface area contributed by atoms with E-state index in [1.165, 1.54) is 12.1 Å². The summed E-state index contributed by atoms with van der Waals surface area (Å²) in [5.74, 6) is 0. The quantitative estimate of drug-likeness (QED) is 0.228. The third-order valence-corrected chi connectivity index (χ3v) is 7.65. The van der Waals surface area contributed by atoms with E-state index in [4.69, 9.17) is 4.55 Å². The molecule has 0 fully saturated rings. The molecule has 1 atom stereocenters. The smallest absolute Gasteiger partial charge is 0.284 e. The summed E-state index contributed by atoms with van der Waals surface area (Å²) >= 11 is -2.37. The van der Waals surface area contributed by atoms with Crippen LogP contribution in [0.4, 0.5) is 5.69 Å². The SMILES string of the molecule is CC1=[N+](CCCOS(=O)O)c2ccc3c(S(=O)(=O)O)cc(S(=O)(=O)O)cc3c2C1(C)C. The Balaban J connectivity index is 2.27. The predicted octanol–water partition coefficient (Wildman–Crippen LogP) is 2.27. The van der Waals surface area contributed by atoms with Crippen molar-refractivity contribution in [3.05, 3.63) is 29.8 Å². The molecule has 3 rings (SSSR count). The van der Waals surface area contributed by atoms with Crippen molar-refractivity contribution in [2.24, 2.45) is 0 Å². The van der Waals surface area contributed by atoms with Crippen LogP contribution in [0.15, 0.2) is 34.1 Å². The lowest BCUT2D eigenvalue weighted by atomic mass is 9.80. The molecule has 1 aliphatic heterocycles. The minimum Gasteiger partial charge on any atom is -0.284 e. The van der Waals surface area contributed by atoms with Crippen molar-refractivity contribution >= 4 is 53.8 Å². The highest BCUT2D eigenvalue weighted by Gasteiger charge is 2.44. The van der Waals surface area contributed by atoms with Crippen LogP contribution in [0, 0.1) is 0 Å². The van der Waals surface area contributed by atoms with E-state index in [-0.39, 0.29) is 17.4 Å². The minimum absolute atomic E-state index is 0.0377. The Hall–Kier alpha value is -1.74. The van der Waals surface area contributed by atoms with Crippen LogP contribution in [0.2, 0.25) is 0 Å². The van der Waals surface area contributed by atoms with Crippen LogP contribution in [0.1, 0.15) is 32.8 Å². The number of fused-ring (bicyclic) bond motifs is 3. The van der Waals surface area contributed by atoms with E-state index in [0.29, 0.717) is 24.2 Å². The van der Waals surface area contributed by atoms with Crippen LogP contribution >= 0.6 is 0 Å². The second-order valence-electron chi connectivity index (χ2n) is 7.68. The van der Waals surface area contributed by atoms with Crippen LogP contribution in [-0.2, 0) is 41.2 Å². The van der Waals surface area contributed by atoms with Gasteiger partial charge in [0.2, 0.25) is 5.69 Å². The van der Waals surface area contributed by atoms with Gasteiger partial charge in [-0.25, -0.2) is 0 Å². The summed E-state index contributed by atoms with van der Waals surface area (Å²) in [7, 11) is -9.53. The van der Waals surface area contributed by atoms with Gasteiger partial charge in [-0.2, -0.15) is 25.6 Å². The average Bonchev–Trinajstić information content (AvgIpc) is 2.82. The molecule has 1 unspecified atom stereocenters. The van der Waals surface area contributed by atoms with Gasteiger partial charge in [-0.1, -0.05) is 0 Å². The van der Waals surface area contributed by atoms with Crippen LogP contribution in [0.5, 0.6) is 0 Å². The lowest BCUT2D eigenvalue weighted by molar-refractivity contribution is -0.439. The monoisotopic (exact) mass is 492 g/mol. The molecule has 3 N–H and O–H groups in total. The molecule has 0 saturated heterocycles. The molecule has 0 aliphatic carbocycles. The second-order valence-corrected chi connectivity index (χ2v) is 11.2. The first kappa shape index (κ1) is 23.9. The molecule has 0 bridgehead atoms. The average molecular weight is 493 g/mol. The summed E-state index contributed by atoms with van der Waals surface area (Å²) < 4.78 is 92.6. The summed E-state index contributed by atoms with van der Waals surface area (Å²) in [6, 6.07) is 5.05. The Bertz CT molecular complexity index is 1340. The molecular formula is C18H22NO9S3+. The summed E-state index contributed by atoms with van der Waals surface area (Å²) in [5.41, 5.74) is 1.55. The zero-order valence-electron chi connectivity index (χ0n) is 16.9. The van der Waals surface area contributed by atoms with Gasteiger partial charge in [-0.05, 0) is 37.4 Å². The standard InChI is InChI=1S/C18H21NO9S3/c1-11-18(2,3)17-14-9-12(30(22,23)24)10-16(31(25,26)27)13(14)5-6-15(17)19(11)7-4-8-28-29(20)21/h5-6,9-10H,4,7-8H2,1-3H3,(H2-,20,21,22,23,24,25,26,27)/p+1. The summed E-state index contributed by atoms with van der Waals surface area (Å²) in [6.45, 7) is 6.09. The molecule has 0 spiro atoms. The first-order valence-corrected chi connectivity index (χ1v) is 13.0. The zero-order valence-corrected chi connectivity index (χ0v) is 19.3. The number of hydrogen-bond donors (Lipinski definition) is 3. The highest BCUT2D eigenvalue weighted by atomic mass is 32.2. The van der Waals surface area contributed by atoms with Crippen molar-refractivity contribution in [2.45, 2.75) is 42.4 Å². The molecule has 10 nitrogen and oxygen atoms in total. The molecule has 31 heavy (non-hydrogen) atoms. The number of benzene rings is 2. The first-order chi connectivity index (χ1) is 14.2. The fourth-order valence-corrected chi connectivity index (χ4v) is 5.55. The number of rotatable bonds is 7. The van der Waals surface area contributed by atoms with Crippen LogP contribution in [0.25, 0.3) is 10.8 Å². The van der Waals surface area contributed by atoms with E-state index in [2.05, 4.69) is 4.18 Å². The Labute approximate surface area is 182 Å². The van der Waals surface area contributed by atoms with Gasteiger partial charge in [-0.15, -0.1) is 0 Å². The van der Waals surface area contributed by atoms with Crippen molar-refractivity contribution in [2.75, 3.05) is 13.2 Å². The van der Waals surface area contributed by atoms with Gasteiger partial charge >= 0.3 is 11.4 Å². The minimum atomic E-state index is -4.78. The molecule has 2 aromatic rings. The fraction of sp³-hybridized carbons (Fsp3) is 0.389. The normalized spacial score (nSPS) is 17.2. The molecule has 0 amide bonds. The maximum atomic E-state index is 11.9. The van der Waals surface area contributed by atoms with E-state index in [1.54, 1.807) is 6.07 Å². The molecule has 13 heteroatoms. The summed E-state index contributed by atoms with van der Waals surface area (Å²) in [5, 5.41) is 0.384. The largest absolute Gasteiger partial charge is 0.301 e. The molecule has 0 saturated carbocycles. The van der Waals surface area contributed by atoms with Crippen LogP contribution in [-0.4, -0.2) is 58.1 Å². The Morgan fingerprint density at radius 3 is 2.26 bits per heavy atom. The highest BCUT2D eigenvalue weighted by molar-refractivity contribution is 7.86. The van der Waals surface area contributed by atoms with Gasteiger partial charge in [0.25, 0.3) is 20.2 Å². The highest BCUT2D eigenvalue weighted by Crippen LogP contribution is 2.45. The van der Waals surface area contributed by atoms with E-state index in [9.17, 15) is 30.1 Å². The molecule has 170 valence electrons. The van der Waals surface area contributed by atoms with Gasteiger partial charge in [0.15, 0.2) is 12.3 Å². The van der Waals surface area contributed by atoms with Crippen LogP contribution in [0.3, 0.4) is 0 Å². The van der Waals surface area contributed by atoms with Crippen molar-refractivity contribution < 1.29 is 43.5 Å². The lowest BCUT2D eigenvalue weighted by Crippen LogP contribution is -2.27. The molecule has 2 aromatic carbocycles. The predicted molar refractivity (Wildman–Crippen MR) is 113 cm³/mol. The number of hydrogen-bond acceptors (Lipinski definition) is 6. The summed E-state index contributed by atoms with van der Waals surface area (Å²) in [4.78, 5) is -1.27. The zero-order chi connectivity index (χ0) is 23.4. The van der Waals surface area contributed by atoms with E-state index in [0.717, 1.165) is 11.8 Å². The Morgan fingerprint density at radius 1 is 1.06 bits per heavy atom. The molecular weight excluding hydrogens is 470 g/mol. The van der Waals surface area contributed by atoms with Crippen molar-refractivity contribution in [1.29, 1.82) is 0 Å². The first-order valence-electron chi connectivity index (χ1n) is 9.07. The third-order valence-electron chi connectivity index (χ3n) is 5.56. The third kappa shape index (κ3) is 4.44. The fourth-order valence-electron chi connectivity index (χ4n) is 3.95. The second kappa shape index (κ2) is 7.99. The van der Waals surface area contributed by atoms with Gasteiger partial charge in [0.1, 0.15) is 4.90 Å². The summed E-state index contributed by atoms with van der Waals surface area (Å²) in [6.07, 6.45) is 0.415. The van der Waals surface area contributed by atoms with Crippen molar-refractivity contribution in [1.82, 2.24) is 0 Å². The Morgan fingerprint density at radius 2 is 1.71 bits per heavy atom. The maximum absolute atomic E-state index is 11.9. The Kier molecular flexibility index (Phi) is 6.17. The molecule has 0 aromatic heterocycles. The van der Waals surface area contributed by atoms with Gasteiger partial charge in [0, 0.05) is 30.4 Å². The van der Waals surface area contributed by atoms with Gasteiger partial charge in [-0.3, -0.25) is 17.8 Å². The van der Waals surface area contributed by atoms with Crippen molar-refractivity contribution in [3.63, 3.8) is 0 Å². The molecule has 0 radical (unpaired) electrons. The van der Waals surface area contributed by atoms with E-state index in [1.807, 2.05) is 25.3 Å². The van der Waals surface area contributed by atoms with E-state index < -0.39 is 46.8 Å². The van der Waals surface area contributed by atoms with Crippen molar-refractivity contribution in [3.8, 4) is 0 Å². The molecule has 1 aliphatic rings. The van der Waals surface area contributed by atoms with Gasteiger partial charge in [0.05, 0.1) is 16.9 Å². The number of nitrogens with zero attached hydrogens (tertiary/aromatic N) is 1.